The number of aliphatic carboxylic acids is 1. The van der Waals surface area contributed by atoms with Gasteiger partial charge in [0.05, 0.1) is 13.0 Å². The smallest absolute Gasteiger partial charge is 0.308 e. The number of hydrogen-bond acceptors (Lipinski definition) is 4. The second-order valence-electron chi connectivity index (χ2n) is 5.26. The number of carboxylic acid groups (broad SMARTS) is 1. The van der Waals surface area contributed by atoms with E-state index in [1.807, 2.05) is 0 Å². The Morgan fingerprint density at radius 1 is 1.26 bits per heavy atom. The van der Waals surface area contributed by atoms with Gasteiger partial charge in [0.15, 0.2) is 17.3 Å². The third-order valence-electron chi connectivity index (χ3n) is 3.58. The number of ether oxygens (including phenoxy) is 1. The Balaban J connectivity index is 2.54. The molecule has 1 amide bonds. The Morgan fingerprint density at radius 3 is 2.43 bits per heavy atom. The highest BCUT2D eigenvalue weighted by Gasteiger charge is 2.21. The molecule has 0 aliphatic rings. The van der Waals surface area contributed by atoms with E-state index in [1.54, 1.807) is 6.92 Å². The summed E-state index contributed by atoms with van der Waals surface area (Å²) >= 11 is 0. The molecule has 0 aliphatic carbocycles. The van der Waals surface area contributed by atoms with Crippen LogP contribution in [-0.4, -0.2) is 35.9 Å². The standard InChI is InChI=1S/C16H20FNO5/c1-9(16(21)22)10(2)18-15(20)7-5-13(19)11-4-6-14(23-3)12(17)8-11/h4,6,8-10H,5,7H2,1-3H3,(H,18,20)(H,21,22). The van der Waals surface area contributed by atoms with Crippen molar-refractivity contribution in [3.05, 3.63) is 29.6 Å². The van der Waals surface area contributed by atoms with E-state index in [-0.39, 0.29) is 29.9 Å². The zero-order chi connectivity index (χ0) is 17.6. The van der Waals surface area contributed by atoms with E-state index < -0.39 is 29.7 Å². The Kier molecular flexibility index (Phi) is 6.68. The van der Waals surface area contributed by atoms with E-state index in [0.717, 1.165) is 6.07 Å². The molecular weight excluding hydrogens is 305 g/mol. The molecule has 1 aromatic rings. The average Bonchev–Trinajstić information content (AvgIpc) is 2.51. The van der Waals surface area contributed by atoms with Gasteiger partial charge in [0.25, 0.3) is 0 Å². The van der Waals surface area contributed by atoms with Crippen molar-refractivity contribution in [2.75, 3.05) is 7.11 Å². The van der Waals surface area contributed by atoms with Crippen LogP contribution in [0.5, 0.6) is 5.75 Å². The van der Waals surface area contributed by atoms with Gasteiger partial charge in [0.2, 0.25) is 5.91 Å². The SMILES string of the molecule is COc1ccc(C(=O)CCC(=O)NC(C)C(C)C(=O)O)cc1F. The molecule has 0 radical (unpaired) electrons. The molecule has 0 aromatic heterocycles. The minimum atomic E-state index is -1.01. The molecule has 0 saturated carbocycles. The predicted molar refractivity (Wildman–Crippen MR) is 80.9 cm³/mol. The molecule has 2 unspecified atom stereocenters. The molecule has 7 heteroatoms. The van der Waals surface area contributed by atoms with E-state index >= 15 is 0 Å². The first-order valence-electron chi connectivity index (χ1n) is 7.15. The summed E-state index contributed by atoms with van der Waals surface area (Å²) in [6.07, 6.45) is -0.186. The van der Waals surface area contributed by atoms with Gasteiger partial charge in [0.1, 0.15) is 0 Å². The summed E-state index contributed by atoms with van der Waals surface area (Å²) in [5, 5.41) is 11.4. The maximum Gasteiger partial charge on any atom is 0.308 e. The zero-order valence-electron chi connectivity index (χ0n) is 13.3. The van der Waals surface area contributed by atoms with Crippen LogP contribution >= 0.6 is 0 Å². The number of hydrogen-bond donors (Lipinski definition) is 2. The van der Waals surface area contributed by atoms with Crippen LogP contribution in [-0.2, 0) is 9.59 Å². The average molecular weight is 325 g/mol. The van der Waals surface area contributed by atoms with E-state index in [9.17, 15) is 18.8 Å². The fourth-order valence-corrected chi connectivity index (χ4v) is 1.88. The lowest BCUT2D eigenvalue weighted by molar-refractivity contribution is -0.142. The summed E-state index contributed by atoms with van der Waals surface area (Å²) in [6.45, 7) is 3.07. The van der Waals surface area contributed by atoms with Crippen molar-refractivity contribution < 1.29 is 28.6 Å². The molecule has 0 aliphatic heterocycles. The Bertz CT molecular complexity index is 602. The van der Waals surface area contributed by atoms with Crippen LogP contribution in [0.1, 0.15) is 37.0 Å². The highest BCUT2D eigenvalue weighted by Crippen LogP contribution is 2.18. The van der Waals surface area contributed by atoms with Crippen LogP contribution in [0, 0.1) is 11.7 Å². The highest BCUT2D eigenvalue weighted by atomic mass is 19.1. The first-order valence-corrected chi connectivity index (χ1v) is 7.15. The van der Waals surface area contributed by atoms with Crippen molar-refractivity contribution in [2.24, 2.45) is 5.92 Å². The number of carbonyl (C=O) groups excluding carboxylic acids is 2. The van der Waals surface area contributed by atoms with Crippen LogP contribution in [0.4, 0.5) is 4.39 Å². The number of nitrogens with one attached hydrogen (secondary N) is 1. The number of rotatable bonds is 8. The van der Waals surface area contributed by atoms with Gasteiger partial charge in [-0.15, -0.1) is 0 Å². The second-order valence-corrected chi connectivity index (χ2v) is 5.26. The van der Waals surface area contributed by atoms with Gasteiger partial charge >= 0.3 is 5.97 Å². The zero-order valence-corrected chi connectivity index (χ0v) is 13.3. The maximum atomic E-state index is 13.5. The minimum absolute atomic E-state index is 0.0378. The van der Waals surface area contributed by atoms with Gasteiger partial charge in [0, 0.05) is 24.4 Å². The van der Waals surface area contributed by atoms with Crippen molar-refractivity contribution in [3.8, 4) is 5.75 Å². The van der Waals surface area contributed by atoms with Crippen molar-refractivity contribution in [3.63, 3.8) is 0 Å². The molecule has 0 saturated heterocycles. The third kappa shape index (κ3) is 5.36. The lowest BCUT2D eigenvalue weighted by Crippen LogP contribution is -2.40. The van der Waals surface area contributed by atoms with Gasteiger partial charge in [-0.3, -0.25) is 14.4 Å². The number of carboxylic acids is 1. The summed E-state index contributed by atoms with van der Waals surface area (Å²) in [5.74, 6) is -3.15. The molecule has 2 atom stereocenters. The number of halogens is 1. The number of Topliss-reactive ketones (excluding diaryl/α,β-unsaturated/α-hetero) is 1. The van der Waals surface area contributed by atoms with Gasteiger partial charge in [-0.1, -0.05) is 0 Å². The molecule has 1 aromatic carbocycles. The summed E-state index contributed by atoms with van der Waals surface area (Å²) in [6, 6.07) is 3.29. The summed E-state index contributed by atoms with van der Waals surface area (Å²) in [4.78, 5) is 34.5. The summed E-state index contributed by atoms with van der Waals surface area (Å²) < 4.78 is 18.3. The lowest BCUT2D eigenvalue weighted by atomic mass is 10.0. The summed E-state index contributed by atoms with van der Waals surface area (Å²) in [7, 11) is 1.32. The Labute approximate surface area is 133 Å². The van der Waals surface area contributed by atoms with Crippen molar-refractivity contribution in [1.29, 1.82) is 0 Å². The van der Waals surface area contributed by atoms with Crippen molar-refractivity contribution >= 4 is 17.7 Å². The number of amides is 1. The van der Waals surface area contributed by atoms with E-state index in [1.165, 1.54) is 26.2 Å². The monoisotopic (exact) mass is 325 g/mol. The van der Waals surface area contributed by atoms with E-state index in [2.05, 4.69) is 5.32 Å². The van der Waals surface area contributed by atoms with E-state index in [0.29, 0.717) is 0 Å². The largest absolute Gasteiger partial charge is 0.494 e. The van der Waals surface area contributed by atoms with Gasteiger partial charge in [-0.25, -0.2) is 4.39 Å². The molecule has 6 nitrogen and oxygen atoms in total. The Hall–Kier alpha value is -2.44. The van der Waals surface area contributed by atoms with Crippen molar-refractivity contribution in [1.82, 2.24) is 5.32 Å². The van der Waals surface area contributed by atoms with Crippen LogP contribution in [0.25, 0.3) is 0 Å². The fourth-order valence-electron chi connectivity index (χ4n) is 1.88. The molecule has 0 spiro atoms. The van der Waals surface area contributed by atoms with Crippen LogP contribution in [0.15, 0.2) is 18.2 Å². The molecular formula is C16H20FNO5. The number of ketones is 1. The Morgan fingerprint density at radius 2 is 1.91 bits per heavy atom. The quantitative estimate of drug-likeness (QED) is 0.713. The number of methoxy groups -OCH3 is 1. The summed E-state index contributed by atoms with van der Waals surface area (Å²) in [5.41, 5.74) is 0.156. The maximum absolute atomic E-state index is 13.5. The normalized spacial score (nSPS) is 13.0. The van der Waals surface area contributed by atoms with E-state index in [4.69, 9.17) is 9.84 Å². The number of carbonyl (C=O) groups is 3. The van der Waals surface area contributed by atoms with Crippen LogP contribution in [0.3, 0.4) is 0 Å². The molecule has 23 heavy (non-hydrogen) atoms. The predicted octanol–water partition coefficient (Wildman–Crippen LogP) is 2.02. The van der Waals surface area contributed by atoms with Crippen molar-refractivity contribution in [2.45, 2.75) is 32.7 Å². The molecule has 1 rings (SSSR count). The minimum Gasteiger partial charge on any atom is -0.494 e. The highest BCUT2D eigenvalue weighted by molar-refractivity contribution is 5.98. The molecule has 0 heterocycles. The van der Waals surface area contributed by atoms with Crippen LogP contribution < -0.4 is 10.1 Å². The molecule has 126 valence electrons. The number of benzene rings is 1. The third-order valence-corrected chi connectivity index (χ3v) is 3.58. The van der Waals surface area contributed by atoms with Gasteiger partial charge in [-0.2, -0.15) is 0 Å². The molecule has 0 fully saturated rings. The second kappa shape index (κ2) is 8.26. The molecule has 0 bridgehead atoms. The topological polar surface area (TPSA) is 92.7 Å². The lowest BCUT2D eigenvalue weighted by Gasteiger charge is -2.17. The first-order chi connectivity index (χ1) is 10.8. The first kappa shape index (κ1) is 18.6. The van der Waals surface area contributed by atoms with Gasteiger partial charge in [-0.05, 0) is 32.0 Å². The molecule has 2 N–H and O–H groups in total. The fraction of sp³-hybridized carbons (Fsp3) is 0.438. The van der Waals surface area contributed by atoms with Gasteiger partial charge < -0.3 is 15.2 Å². The van der Waals surface area contributed by atoms with Crippen LogP contribution in [0.2, 0.25) is 0 Å².